The molecule has 1 aliphatic heterocycles. The van der Waals surface area contributed by atoms with Crippen molar-refractivity contribution in [1.82, 2.24) is 5.32 Å². The van der Waals surface area contributed by atoms with Crippen molar-refractivity contribution in [3.63, 3.8) is 0 Å². The third kappa shape index (κ3) is 3.09. The van der Waals surface area contributed by atoms with E-state index in [2.05, 4.69) is 19.2 Å². The first-order valence-corrected chi connectivity index (χ1v) is 8.26. The van der Waals surface area contributed by atoms with Crippen LogP contribution in [-0.2, 0) is 9.84 Å². The van der Waals surface area contributed by atoms with E-state index < -0.39 is 9.84 Å². The zero-order valence-electron chi connectivity index (χ0n) is 11.6. The van der Waals surface area contributed by atoms with E-state index in [0.29, 0.717) is 23.1 Å². The van der Waals surface area contributed by atoms with Crippen molar-refractivity contribution in [3.05, 3.63) is 23.8 Å². The fourth-order valence-corrected chi connectivity index (χ4v) is 4.13. The first-order valence-electron chi connectivity index (χ1n) is 6.61. The van der Waals surface area contributed by atoms with Gasteiger partial charge in [0.05, 0.1) is 17.8 Å². The van der Waals surface area contributed by atoms with Gasteiger partial charge in [-0.3, -0.25) is 0 Å². The highest BCUT2D eigenvalue weighted by molar-refractivity contribution is 7.91. The van der Waals surface area contributed by atoms with Crippen LogP contribution in [0.1, 0.15) is 38.3 Å². The standard InChI is InChI=1S/C14H21NO3S/c1-10(2)15-13-5-4-8-19(16,17)14-7-6-11(18-3)9-12(13)14/h6-7,9-10,13,15H,4-5,8H2,1-3H3. The average Bonchev–Trinajstić information content (AvgIpc) is 2.46. The minimum Gasteiger partial charge on any atom is -0.497 e. The number of ether oxygens (including phenoxy) is 1. The summed E-state index contributed by atoms with van der Waals surface area (Å²) in [7, 11) is -1.57. The summed E-state index contributed by atoms with van der Waals surface area (Å²) in [6.07, 6.45) is 1.52. The normalized spacial score (nSPS) is 21.8. The number of hydrogen-bond acceptors (Lipinski definition) is 4. The molecule has 1 unspecified atom stereocenters. The summed E-state index contributed by atoms with van der Waals surface area (Å²) in [6.45, 7) is 4.14. The predicted molar refractivity (Wildman–Crippen MR) is 75.3 cm³/mol. The van der Waals surface area contributed by atoms with Crippen LogP contribution in [-0.4, -0.2) is 27.3 Å². The number of hydrogen-bond donors (Lipinski definition) is 1. The Morgan fingerprint density at radius 3 is 2.74 bits per heavy atom. The van der Waals surface area contributed by atoms with Crippen LogP contribution < -0.4 is 10.1 Å². The molecule has 0 aliphatic carbocycles. The Bertz CT molecular complexity index is 552. The van der Waals surface area contributed by atoms with Crippen LogP contribution in [0, 0.1) is 0 Å². The van der Waals surface area contributed by atoms with E-state index >= 15 is 0 Å². The highest BCUT2D eigenvalue weighted by Gasteiger charge is 2.28. The van der Waals surface area contributed by atoms with Crippen LogP contribution in [0.15, 0.2) is 23.1 Å². The molecule has 0 amide bonds. The van der Waals surface area contributed by atoms with Gasteiger partial charge in [0.2, 0.25) is 0 Å². The van der Waals surface area contributed by atoms with E-state index in [-0.39, 0.29) is 11.8 Å². The number of benzene rings is 1. The molecule has 0 saturated heterocycles. The molecule has 1 heterocycles. The molecule has 1 N–H and O–H groups in total. The van der Waals surface area contributed by atoms with Gasteiger partial charge in [-0.2, -0.15) is 0 Å². The quantitative estimate of drug-likeness (QED) is 0.925. The molecule has 2 rings (SSSR count). The Labute approximate surface area is 115 Å². The monoisotopic (exact) mass is 283 g/mol. The third-order valence-corrected chi connectivity index (χ3v) is 5.24. The number of nitrogens with one attached hydrogen (secondary N) is 1. The lowest BCUT2D eigenvalue weighted by atomic mass is 10.0. The first kappa shape index (κ1) is 14.3. The lowest BCUT2D eigenvalue weighted by Gasteiger charge is -2.21. The number of sulfone groups is 1. The summed E-state index contributed by atoms with van der Waals surface area (Å²) >= 11 is 0. The van der Waals surface area contributed by atoms with Crippen molar-refractivity contribution < 1.29 is 13.2 Å². The second-order valence-electron chi connectivity index (χ2n) is 5.24. The Morgan fingerprint density at radius 2 is 2.11 bits per heavy atom. The molecular weight excluding hydrogens is 262 g/mol. The minimum absolute atomic E-state index is 0.0716. The zero-order chi connectivity index (χ0) is 14.0. The largest absolute Gasteiger partial charge is 0.497 e. The molecule has 5 heteroatoms. The fourth-order valence-electron chi connectivity index (χ4n) is 2.53. The predicted octanol–water partition coefficient (Wildman–Crippen LogP) is 2.30. The second-order valence-corrected chi connectivity index (χ2v) is 7.32. The fraction of sp³-hybridized carbons (Fsp3) is 0.571. The third-order valence-electron chi connectivity index (χ3n) is 3.37. The van der Waals surface area contributed by atoms with E-state index in [1.54, 1.807) is 19.2 Å². The Hall–Kier alpha value is -1.07. The molecule has 1 aromatic carbocycles. The highest BCUT2D eigenvalue weighted by atomic mass is 32.2. The minimum atomic E-state index is -3.17. The molecule has 0 spiro atoms. The van der Waals surface area contributed by atoms with Gasteiger partial charge in [0.1, 0.15) is 5.75 Å². The highest BCUT2D eigenvalue weighted by Crippen LogP contribution is 2.33. The molecule has 1 atom stereocenters. The number of rotatable bonds is 3. The summed E-state index contributed by atoms with van der Waals surface area (Å²) < 4.78 is 29.7. The van der Waals surface area contributed by atoms with Gasteiger partial charge in [0.15, 0.2) is 9.84 Å². The summed E-state index contributed by atoms with van der Waals surface area (Å²) in [5.74, 6) is 0.925. The zero-order valence-corrected chi connectivity index (χ0v) is 12.5. The second kappa shape index (κ2) is 5.51. The van der Waals surface area contributed by atoms with Crippen molar-refractivity contribution >= 4 is 9.84 Å². The first-order chi connectivity index (χ1) is 8.94. The Kier molecular flexibility index (Phi) is 4.16. The summed E-state index contributed by atoms with van der Waals surface area (Å²) in [4.78, 5) is 0.448. The van der Waals surface area contributed by atoms with Crippen LogP contribution in [0.3, 0.4) is 0 Å². The van der Waals surface area contributed by atoms with Gasteiger partial charge in [0.25, 0.3) is 0 Å². The summed E-state index contributed by atoms with van der Waals surface area (Å²) in [5, 5.41) is 3.45. The maximum absolute atomic E-state index is 12.3. The van der Waals surface area contributed by atoms with Gasteiger partial charge in [0, 0.05) is 12.1 Å². The summed E-state index contributed by atoms with van der Waals surface area (Å²) in [5.41, 5.74) is 0.838. The Balaban J connectivity index is 2.53. The molecule has 0 bridgehead atoms. The average molecular weight is 283 g/mol. The van der Waals surface area contributed by atoms with Gasteiger partial charge in [-0.15, -0.1) is 0 Å². The van der Waals surface area contributed by atoms with Crippen molar-refractivity contribution in [1.29, 1.82) is 0 Å². The van der Waals surface area contributed by atoms with E-state index in [1.165, 1.54) is 0 Å². The maximum Gasteiger partial charge on any atom is 0.178 e. The molecule has 4 nitrogen and oxygen atoms in total. The molecule has 19 heavy (non-hydrogen) atoms. The van der Waals surface area contributed by atoms with Crippen molar-refractivity contribution in [2.45, 2.75) is 43.7 Å². The van der Waals surface area contributed by atoms with Crippen LogP contribution >= 0.6 is 0 Å². The van der Waals surface area contributed by atoms with E-state index in [0.717, 1.165) is 12.0 Å². The smallest absolute Gasteiger partial charge is 0.178 e. The van der Waals surface area contributed by atoms with Gasteiger partial charge < -0.3 is 10.1 Å². The van der Waals surface area contributed by atoms with Gasteiger partial charge in [-0.25, -0.2) is 8.42 Å². The Morgan fingerprint density at radius 1 is 1.37 bits per heavy atom. The molecule has 1 aliphatic rings. The number of methoxy groups -OCH3 is 1. The van der Waals surface area contributed by atoms with E-state index in [4.69, 9.17) is 4.74 Å². The topological polar surface area (TPSA) is 55.4 Å². The molecule has 0 saturated carbocycles. The lowest BCUT2D eigenvalue weighted by molar-refractivity contribution is 0.408. The van der Waals surface area contributed by atoms with Gasteiger partial charge in [-0.1, -0.05) is 13.8 Å². The van der Waals surface area contributed by atoms with Crippen molar-refractivity contribution in [2.75, 3.05) is 12.9 Å². The molecular formula is C14H21NO3S. The molecule has 0 aromatic heterocycles. The number of fused-ring (bicyclic) bond motifs is 1. The van der Waals surface area contributed by atoms with E-state index in [1.807, 2.05) is 6.07 Å². The maximum atomic E-state index is 12.3. The van der Waals surface area contributed by atoms with Gasteiger partial charge >= 0.3 is 0 Å². The van der Waals surface area contributed by atoms with Crippen LogP contribution in [0.2, 0.25) is 0 Å². The van der Waals surface area contributed by atoms with E-state index in [9.17, 15) is 8.42 Å². The summed E-state index contributed by atoms with van der Waals surface area (Å²) in [6, 6.07) is 5.61. The van der Waals surface area contributed by atoms with Crippen LogP contribution in [0.5, 0.6) is 5.75 Å². The molecule has 1 aromatic rings. The lowest BCUT2D eigenvalue weighted by Crippen LogP contribution is -2.28. The molecule has 0 fully saturated rings. The van der Waals surface area contributed by atoms with Crippen LogP contribution in [0.25, 0.3) is 0 Å². The molecule has 106 valence electrons. The van der Waals surface area contributed by atoms with Gasteiger partial charge in [-0.05, 0) is 36.6 Å². The van der Waals surface area contributed by atoms with Crippen molar-refractivity contribution in [2.24, 2.45) is 0 Å². The van der Waals surface area contributed by atoms with Crippen molar-refractivity contribution in [3.8, 4) is 5.75 Å². The van der Waals surface area contributed by atoms with Crippen LogP contribution in [0.4, 0.5) is 0 Å². The molecule has 0 radical (unpaired) electrons. The SMILES string of the molecule is COc1ccc2c(c1)C(NC(C)C)CCCS2(=O)=O.